The van der Waals surface area contributed by atoms with Crippen molar-refractivity contribution < 1.29 is 22.4 Å². The first-order chi connectivity index (χ1) is 16.6. The maximum atomic E-state index is 14.2. The zero-order valence-electron chi connectivity index (χ0n) is 19.5. The highest BCUT2D eigenvalue weighted by Gasteiger charge is 2.35. The van der Waals surface area contributed by atoms with Gasteiger partial charge in [0.2, 0.25) is 5.95 Å². The lowest BCUT2D eigenvalue weighted by Crippen LogP contribution is -2.34. The van der Waals surface area contributed by atoms with Gasteiger partial charge in [0.25, 0.3) is 5.91 Å². The predicted molar refractivity (Wildman–Crippen MR) is 127 cm³/mol. The number of benzene rings is 2. The van der Waals surface area contributed by atoms with Crippen LogP contribution in [0.4, 0.5) is 29.3 Å². The average Bonchev–Trinajstić information content (AvgIpc) is 2.82. The number of rotatable bonds is 6. The minimum absolute atomic E-state index is 0.153. The van der Waals surface area contributed by atoms with E-state index in [1.807, 2.05) is 43.3 Å². The Hall–Kier alpha value is -3.43. The number of carbonyl (C=O) groups excluding carboxylic acids is 1. The smallest absolute Gasteiger partial charge is 0.362 e. The van der Waals surface area contributed by atoms with Gasteiger partial charge in [-0.3, -0.25) is 4.79 Å². The van der Waals surface area contributed by atoms with Gasteiger partial charge in [-0.25, -0.2) is 9.37 Å². The van der Waals surface area contributed by atoms with E-state index in [9.17, 15) is 22.4 Å². The van der Waals surface area contributed by atoms with E-state index < -0.39 is 29.0 Å². The van der Waals surface area contributed by atoms with E-state index in [1.165, 1.54) is 0 Å². The Balaban J connectivity index is 1.33. The summed E-state index contributed by atoms with van der Waals surface area (Å²) in [7, 11) is 3.87. The highest BCUT2D eigenvalue weighted by molar-refractivity contribution is 5.94. The highest BCUT2D eigenvalue weighted by Crippen LogP contribution is 2.32. The van der Waals surface area contributed by atoms with Gasteiger partial charge in [-0.2, -0.15) is 18.2 Å². The predicted octanol–water partition coefficient (Wildman–Crippen LogP) is 5.25. The largest absolute Gasteiger partial charge is 0.419 e. The molecule has 2 aromatic carbocycles. The normalized spacial score (nSPS) is 18.3. The van der Waals surface area contributed by atoms with Crippen LogP contribution in [-0.4, -0.2) is 42.6 Å². The third kappa shape index (κ3) is 5.63. The molecule has 35 heavy (non-hydrogen) atoms. The van der Waals surface area contributed by atoms with Crippen LogP contribution < -0.4 is 15.5 Å². The Morgan fingerprint density at radius 1 is 1.03 bits per heavy atom. The van der Waals surface area contributed by atoms with Crippen molar-refractivity contribution in [1.82, 2.24) is 15.3 Å². The summed E-state index contributed by atoms with van der Waals surface area (Å²) in [5.74, 6) is -0.839. The molecule has 10 heteroatoms. The molecule has 1 amide bonds. The summed E-state index contributed by atoms with van der Waals surface area (Å²) in [6, 6.07) is 10.7. The zero-order valence-corrected chi connectivity index (χ0v) is 19.5. The molecule has 3 aromatic rings. The van der Waals surface area contributed by atoms with Gasteiger partial charge >= 0.3 is 6.18 Å². The monoisotopic (exact) mass is 489 g/mol. The van der Waals surface area contributed by atoms with Crippen molar-refractivity contribution in [2.24, 2.45) is 5.92 Å². The fourth-order valence-corrected chi connectivity index (χ4v) is 4.42. The maximum absolute atomic E-state index is 14.2. The van der Waals surface area contributed by atoms with Gasteiger partial charge in [0.05, 0.1) is 16.6 Å². The summed E-state index contributed by atoms with van der Waals surface area (Å²) in [6.45, 7) is 0.276. The molecular formula is C25H27F4N5O. The number of nitrogens with one attached hydrogen (secondary N) is 2. The lowest BCUT2D eigenvalue weighted by atomic mass is 9.86. The molecule has 0 radical (unpaired) electrons. The van der Waals surface area contributed by atoms with Crippen LogP contribution in [0.25, 0.3) is 10.9 Å². The van der Waals surface area contributed by atoms with Crippen molar-refractivity contribution in [2.45, 2.75) is 37.9 Å². The van der Waals surface area contributed by atoms with Crippen molar-refractivity contribution >= 4 is 28.6 Å². The number of halogens is 4. The molecule has 0 bridgehead atoms. The van der Waals surface area contributed by atoms with Crippen molar-refractivity contribution in [3.05, 3.63) is 59.4 Å². The number of anilines is 2. The molecule has 0 unspecified atom stereocenters. The number of carbonyl (C=O) groups is 1. The Kier molecular flexibility index (Phi) is 7.09. The summed E-state index contributed by atoms with van der Waals surface area (Å²) in [4.78, 5) is 23.6. The second kappa shape index (κ2) is 10.1. The molecule has 1 aliphatic carbocycles. The van der Waals surface area contributed by atoms with Crippen LogP contribution in [0, 0.1) is 11.7 Å². The van der Waals surface area contributed by atoms with E-state index >= 15 is 0 Å². The molecule has 0 saturated heterocycles. The van der Waals surface area contributed by atoms with Gasteiger partial charge in [0.1, 0.15) is 11.6 Å². The number of para-hydroxylation sites is 1. The van der Waals surface area contributed by atoms with E-state index in [-0.39, 0.29) is 18.5 Å². The van der Waals surface area contributed by atoms with Crippen LogP contribution in [0.3, 0.4) is 0 Å². The summed E-state index contributed by atoms with van der Waals surface area (Å²) in [5.41, 5.74) is -1.18. The first-order valence-corrected chi connectivity index (χ1v) is 11.5. The van der Waals surface area contributed by atoms with Crippen molar-refractivity contribution in [2.75, 3.05) is 30.9 Å². The van der Waals surface area contributed by atoms with Crippen LogP contribution >= 0.6 is 0 Å². The van der Waals surface area contributed by atoms with Crippen LogP contribution in [-0.2, 0) is 6.18 Å². The molecule has 0 spiro atoms. The molecule has 1 aromatic heterocycles. The van der Waals surface area contributed by atoms with Gasteiger partial charge in [-0.1, -0.05) is 18.2 Å². The molecule has 2 N–H and O–H groups in total. The van der Waals surface area contributed by atoms with Crippen molar-refractivity contribution in [1.29, 1.82) is 0 Å². The Morgan fingerprint density at radius 3 is 2.43 bits per heavy atom. The van der Waals surface area contributed by atoms with Gasteiger partial charge in [0.15, 0.2) is 0 Å². The standard InChI is InChI=1S/C25H27F4N5O/c1-34(2)22-17-6-3-4-9-20(17)32-24(33-22)31-16-12-10-15(11-13-16)14-30-23(35)18-7-5-8-19(21(18)26)25(27,28)29/h3-9,15-16H,10-14H2,1-2H3,(H,30,35)(H,31,32,33). The molecule has 0 atom stereocenters. The first-order valence-electron chi connectivity index (χ1n) is 11.5. The summed E-state index contributed by atoms with van der Waals surface area (Å²) in [5, 5.41) is 6.98. The third-order valence-corrected chi connectivity index (χ3v) is 6.29. The second-order valence-electron chi connectivity index (χ2n) is 9.02. The number of nitrogens with zero attached hydrogens (tertiary/aromatic N) is 3. The zero-order chi connectivity index (χ0) is 25.2. The van der Waals surface area contributed by atoms with Crippen LogP contribution in [0.5, 0.6) is 0 Å². The number of aromatic nitrogens is 2. The number of amides is 1. The van der Waals surface area contributed by atoms with Crippen molar-refractivity contribution in [3.8, 4) is 0 Å². The maximum Gasteiger partial charge on any atom is 0.419 e. The number of hydrogen-bond acceptors (Lipinski definition) is 5. The fourth-order valence-electron chi connectivity index (χ4n) is 4.42. The Labute approximate surface area is 200 Å². The molecule has 0 aliphatic heterocycles. The minimum atomic E-state index is -4.85. The molecule has 186 valence electrons. The average molecular weight is 490 g/mol. The summed E-state index contributed by atoms with van der Waals surface area (Å²) in [6.07, 6.45) is -1.60. The molecule has 1 fully saturated rings. The summed E-state index contributed by atoms with van der Waals surface area (Å²) >= 11 is 0. The van der Waals surface area contributed by atoms with Crippen LogP contribution in [0.1, 0.15) is 41.6 Å². The molecule has 6 nitrogen and oxygen atoms in total. The number of fused-ring (bicyclic) bond motifs is 1. The number of hydrogen-bond donors (Lipinski definition) is 2. The van der Waals surface area contributed by atoms with E-state index in [0.717, 1.165) is 54.5 Å². The van der Waals surface area contributed by atoms with Gasteiger partial charge < -0.3 is 15.5 Å². The second-order valence-corrected chi connectivity index (χ2v) is 9.02. The highest BCUT2D eigenvalue weighted by atomic mass is 19.4. The topological polar surface area (TPSA) is 70.2 Å². The van der Waals surface area contributed by atoms with Gasteiger partial charge in [0, 0.05) is 32.1 Å². The number of alkyl halides is 3. The SMILES string of the molecule is CN(C)c1nc(NC2CCC(CNC(=O)c3cccc(C(F)(F)F)c3F)CC2)nc2ccccc12. The van der Waals surface area contributed by atoms with E-state index in [4.69, 9.17) is 0 Å². The van der Waals surface area contributed by atoms with Crippen molar-refractivity contribution in [3.63, 3.8) is 0 Å². The van der Waals surface area contributed by atoms with E-state index in [1.54, 1.807) is 0 Å². The molecular weight excluding hydrogens is 462 g/mol. The van der Waals surface area contributed by atoms with E-state index in [0.29, 0.717) is 12.0 Å². The third-order valence-electron chi connectivity index (χ3n) is 6.29. The Morgan fingerprint density at radius 2 is 1.74 bits per heavy atom. The first kappa shape index (κ1) is 24.7. The van der Waals surface area contributed by atoms with Crippen LogP contribution in [0.15, 0.2) is 42.5 Å². The quantitative estimate of drug-likeness (QED) is 0.463. The molecule has 1 heterocycles. The molecule has 4 rings (SSSR count). The minimum Gasteiger partial charge on any atom is -0.362 e. The lowest BCUT2D eigenvalue weighted by Gasteiger charge is -2.29. The molecule has 1 aliphatic rings. The lowest BCUT2D eigenvalue weighted by molar-refractivity contribution is -0.140. The van der Waals surface area contributed by atoms with Gasteiger partial charge in [-0.05, 0) is 55.9 Å². The van der Waals surface area contributed by atoms with E-state index in [2.05, 4.69) is 20.6 Å². The fraction of sp³-hybridized carbons (Fsp3) is 0.400. The molecule has 1 saturated carbocycles. The van der Waals surface area contributed by atoms with Gasteiger partial charge in [-0.15, -0.1) is 0 Å². The summed E-state index contributed by atoms with van der Waals surface area (Å²) < 4.78 is 52.9. The van der Waals surface area contributed by atoms with Crippen LogP contribution in [0.2, 0.25) is 0 Å². The Bertz CT molecular complexity index is 1210.